The third-order valence-electron chi connectivity index (χ3n) is 3.92. The average Bonchev–Trinajstić information content (AvgIpc) is 2.51. The number of aliphatic carboxylic acids is 1. The Bertz CT molecular complexity index is 512. The van der Waals surface area contributed by atoms with Crippen LogP contribution in [0.15, 0.2) is 24.3 Å². The Morgan fingerprint density at radius 2 is 2.05 bits per heavy atom. The summed E-state index contributed by atoms with van der Waals surface area (Å²) in [4.78, 5) is 24.5. The van der Waals surface area contributed by atoms with Crippen LogP contribution in [-0.2, 0) is 16.0 Å². The van der Waals surface area contributed by atoms with Crippen LogP contribution < -0.4 is 4.74 Å². The van der Waals surface area contributed by atoms with Crippen LogP contribution in [0.3, 0.4) is 0 Å². The van der Waals surface area contributed by atoms with Gasteiger partial charge in [-0.15, -0.1) is 0 Å². The summed E-state index contributed by atoms with van der Waals surface area (Å²) in [6.45, 7) is 3.86. The topological polar surface area (TPSA) is 66.8 Å². The van der Waals surface area contributed by atoms with Gasteiger partial charge in [-0.3, -0.25) is 9.59 Å². The van der Waals surface area contributed by atoms with Crippen molar-refractivity contribution < 1.29 is 19.4 Å². The lowest BCUT2D eigenvalue weighted by atomic mass is 10.0. The zero-order valence-electron chi connectivity index (χ0n) is 13.0. The number of likely N-dealkylation sites (tertiary alicyclic amines) is 1. The number of rotatable bonds is 6. The van der Waals surface area contributed by atoms with Gasteiger partial charge in [0.1, 0.15) is 5.75 Å². The summed E-state index contributed by atoms with van der Waals surface area (Å²) in [6, 6.07) is 7.24. The van der Waals surface area contributed by atoms with Crippen LogP contribution in [0.4, 0.5) is 0 Å². The highest BCUT2D eigenvalue weighted by molar-refractivity contribution is 5.77. The van der Waals surface area contributed by atoms with E-state index in [9.17, 15) is 9.59 Å². The van der Waals surface area contributed by atoms with Crippen LogP contribution in [0.5, 0.6) is 5.75 Å². The summed E-state index contributed by atoms with van der Waals surface area (Å²) in [5, 5.41) is 8.65. The maximum absolute atomic E-state index is 12.1. The molecule has 2 rings (SSSR count). The minimum atomic E-state index is -0.804. The zero-order valence-corrected chi connectivity index (χ0v) is 13.0. The molecule has 0 bridgehead atoms. The molecule has 1 aliphatic rings. The second-order valence-corrected chi connectivity index (χ2v) is 5.91. The van der Waals surface area contributed by atoms with E-state index in [1.165, 1.54) is 6.42 Å². The number of hydrogen-bond donors (Lipinski definition) is 1. The van der Waals surface area contributed by atoms with Crippen LogP contribution in [0.2, 0.25) is 0 Å². The molecule has 5 heteroatoms. The largest absolute Gasteiger partial charge is 0.484 e. The van der Waals surface area contributed by atoms with Crippen molar-refractivity contribution in [2.24, 2.45) is 5.92 Å². The van der Waals surface area contributed by atoms with E-state index >= 15 is 0 Å². The molecule has 0 saturated carbocycles. The summed E-state index contributed by atoms with van der Waals surface area (Å²) in [7, 11) is 0. The van der Waals surface area contributed by atoms with Crippen LogP contribution in [0, 0.1) is 5.92 Å². The highest BCUT2D eigenvalue weighted by Crippen LogP contribution is 2.17. The predicted molar refractivity (Wildman–Crippen MR) is 82.9 cm³/mol. The van der Waals surface area contributed by atoms with Gasteiger partial charge in [-0.2, -0.15) is 0 Å². The number of carboxylic acid groups (broad SMARTS) is 1. The van der Waals surface area contributed by atoms with Crippen molar-refractivity contribution in [3.05, 3.63) is 29.8 Å². The fourth-order valence-corrected chi connectivity index (χ4v) is 2.66. The minimum Gasteiger partial charge on any atom is -0.484 e. The number of aryl methyl sites for hydroxylation is 1. The number of hydrogen-bond acceptors (Lipinski definition) is 3. The van der Waals surface area contributed by atoms with Gasteiger partial charge in [0.15, 0.2) is 6.61 Å². The molecule has 1 unspecified atom stereocenters. The van der Waals surface area contributed by atoms with Crippen molar-refractivity contribution in [1.29, 1.82) is 0 Å². The lowest BCUT2D eigenvalue weighted by molar-refractivity contribution is -0.137. The molecule has 1 atom stereocenters. The number of carbonyl (C=O) groups excluding carboxylic acids is 1. The number of carbonyl (C=O) groups is 2. The Kier molecular flexibility index (Phi) is 5.81. The summed E-state index contributed by atoms with van der Waals surface area (Å²) in [5.74, 6) is 0.423. The van der Waals surface area contributed by atoms with Gasteiger partial charge < -0.3 is 14.7 Å². The summed E-state index contributed by atoms with van der Waals surface area (Å²) in [6.07, 6.45) is 2.86. The molecule has 22 heavy (non-hydrogen) atoms. The van der Waals surface area contributed by atoms with Gasteiger partial charge in [0.2, 0.25) is 0 Å². The summed E-state index contributed by atoms with van der Waals surface area (Å²) >= 11 is 0. The number of ether oxygens (including phenoxy) is 1. The third-order valence-corrected chi connectivity index (χ3v) is 3.92. The number of nitrogens with zero attached hydrogens (tertiary/aromatic N) is 1. The first-order chi connectivity index (χ1) is 10.5. The minimum absolute atomic E-state index is 0.0292. The van der Waals surface area contributed by atoms with Crippen molar-refractivity contribution in [3.63, 3.8) is 0 Å². The van der Waals surface area contributed by atoms with Crippen molar-refractivity contribution in [1.82, 2.24) is 4.90 Å². The Labute approximate surface area is 130 Å². The fraction of sp³-hybridized carbons (Fsp3) is 0.529. The van der Waals surface area contributed by atoms with E-state index in [4.69, 9.17) is 9.84 Å². The predicted octanol–water partition coefficient (Wildman–Crippen LogP) is 2.34. The lowest BCUT2D eigenvalue weighted by Crippen LogP contribution is -2.41. The van der Waals surface area contributed by atoms with E-state index in [0.29, 0.717) is 18.1 Å². The van der Waals surface area contributed by atoms with Crippen molar-refractivity contribution in [3.8, 4) is 5.75 Å². The molecule has 1 aromatic carbocycles. The molecule has 0 spiro atoms. The van der Waals surface area contributed by atoms with Crippen molar-refractivity contribution in [2.45, 2.75) is 32.6 Å². The zero-order chi connectivity index (χ0) is 15.9. The van der Waals surface area contributed by atoms with Gasteiger partial charge in [-0.25, -0.2) is 0 Å². The van der Waals surface area contributed by atoms with Crippen LogP contribution in [-0.4, -0.2) is 41.6 Å². The van der Waals surface area contributed by atoms with Gasteiger partial charge in [-0.1, -0.05) is 19.1 Å². The van der Waals surface area contributed by atoms with Gasteiger partial charge >= 0.3 is 5.97 Å². The molecule has 1 N–H and O–H groups in total. The molecule has 1 amide bonds. The SMILES string of the molecule is CC1CCCN(C(=O)COc2ccc(CCC(=O)O)cc2)C1. The Morgan fingerprint density at radius 3 is 2.68 bits per heavy atom. The molecule has 0 aromatic heterocycles. The van der Waals surface area contributed by atoms with Crippen LogP contribution in [0.25, 0.3) is 0 Å². The van der Waals surface area contributed by atoms with E-state index in [1.54, 1.807) is 12.1 Å². The maximum Gasteiger partial charge on any atom is 0.303 e. The quantitative estimate of drug-likeness (QED) is 0.876. The Hall–Kier alpha value is -2.04. The van der Waals surface area contributed by atoms with E-state index < -0.39 is 5.97 Å². The molecule has 0 aliphatic carbocycles. The molecule has 1 aromatic rings. The maximum atomic E-state index is 12.1. The van der Waals surface area contributed by atoms with E-state index in [1.807, 2.05) is 17.0 Å². The lowest BCUT2D eigenvalue weighted by Gasteiger charge is -2.30. The number of amides is 1. The highest BCUT2D eigenvalue weighted by Gasteiger charge is 2.21. The molecule has 1 aliphatic heterocycles. The normalized spacial score (nSPS) is 18.0. The van der Waals surface area contributed by atoms with Gasteiger partial charge in [0, 0.05) is 19.5 Å². The molecule has 1 fully saturated rings. The molecule has 1 heterocycles. The highest BCUT2D eigenvalue weighted by atomic mass is 16.5. The first-order valence-electron chi connectivity index (χ1n) is 7.76. The number of benzene rings is 1. The van der Waals surface area contributed by atoms with Gasteiger partial charge in [-0.05, 0) is 42.9 Å². The van der Waals surface area contributed by atoms with E-state index in [0.717, 1.165) is 25.1 Å². The molecule has 1 saturated heterocycles. The molecule has 5 nitrogen and oxygen atoms in total. The molecule has 120 valence electrons. The molecule has 0 radical (unpaired) electrons. The number of carboxylic acids is 1. The summed E-state index contributed by atoms with van der Waals surface area (Å²) in [5.41, 5.74) is 0.950. The second kappa shape index (κ2) is 7.82. The van der Waals surface area contributed by atoms with E-state index in [-0.39, 0.29) is 18.9 Å². The van der Waals surface area contributed by atoms with Crippen LogP contribution in [0.1, 0.15) is 31.7 Å². The van der Waals surface area contributed by atoms with Gasteiger partial charge in [0.25, 0.3) is 5.91 Å². The monoisotopic (exact) mass is 305 g/mol. The average molecular weight is 305 g/mol. The molecular formula is C17H23NO4. The Balaban J connectivity index is 1.78. The van der Waals surface area contributed by atoms with Crippen molar-refractivity contribution in [2.75, 3.05) is 19.7 Å². The second-order valence-electron chi connectivity index (χ2n) is 5.91. The van der Waals surface area contributed by atoms with Crippen molar-refractivity contribution >= 4 is 11.9 Å². The first-order valence-corrected chi connectivity index (χ1v) is 7.76. The third kappa shape index (κ3) is 5.06. The number of piperidine rings is 1. The van der Waals surface area contributed by atoms with Gasteiger partial charge in [0.05, 0.1) is 0 Å². The molecular weight excluding hydrogens is 282 g/mol. The fourth-order valence-electron chi connectivity index (χ4n) is 2.66. The van der Waals surface area contributed by atoms with E-state index in [2.05, 4.69) is 6.92 Å². The van der Waals surface area contributed by atoms with Crippen LogP contribution >= 0.6 is 0 Å². The summed E-state index contributed by atoms with van der Waals surface area (Å²) < 4.78 is 5.53. The standard InChI is InChI=1S/C17H23NO4/c1-13-3-2-10-18(11-13)16(19)12-22-15-7-4-14(5-8-15)6-9-17(20)21/h4-5,7-8,13H,2-3,6,9-12H2,1H3,(H,20,21). The Morgan fingerprint density at radius 1 is 1.32 bits per heavy atom. The first kappa shape index (κ1) is 16.3. The smallest absolute Gasteiger partial charge is 0.303 e.